The van der Waals surface area contributed by atoms with Gasteiger partial charge in [-0.15, -0.1) is 0 Å². The van der Waals surface area contributed by atoms with Crippen molar-refractivity contribution >= 4 is 22.7 Å². The molecule has 5 rings (SSSR count). The van der Waals surface area contributed by atoms with Gasteiger partial charge >= 0.3 is 0 Å². The Hall–Kier alpha value is -3.46. The number of nitrogens with zero attached hydrogens (tertiary/aromatic N) is 5. The Kier molecular flexibility index (Phi) is 5.96. The molecule has 2 aromatic heterocycles. The lowest BCUT2D eigenvalue weighted by atomic mass is 9.68. The van der Waals surface area contributed by atoms with Crippen LogP contribution in [-0.4, -0.2) is 74.6 Å². The average molecular weight is 478 g/mol. The van der Waals surface area contributed by atoms with Gasteiger partial charge in [0, 0.05) is 68.1 Å². The third-order valence-electron chi connectivity index (χ3n) is 7.74. The predicted molar refractivity (Wildman–Crippen MR) is 130 cm³/mol. The quantitative estimate of drug-likeness (QED) is 0.620. The van der Waals surface area contributed by atoms with E-state index >= 15 is 0 Å². The van der Waals surface area contributed by atoms with Crippen molar-refractivity contribution in [1.82, 2.24) is 24.3 Å². The second kappa shape index (κ2) is 8.96. The largest absolute Gasteiger partial charge is 0.497 e. The molecule has 2 aliphatic rings. The molecule has 0 saturated carbocycles. The summed E-state index contributed by atoms with van der Waals surface area (Å²) < 4.78 is 7.56. The van der Waals surface area contributed by atoms with Crippen molar-refractivity contribution < 1.29 is 19.4 Å². The van der Waals surface area contributed by atoms with E-state index in [0.29, 0.717) is 26.1 Å². The summed E-state index contributed by atoms with van der Waals surface area (Å²) in [6.07, 6.45) is 6.46. The molecule has 4 heterocycles. The first-order chi connectivity index (χ1) is 16.9. The molecule has 2 amide bonds. The molecular weight excluding hydrogens is 446 g/mol. The second-order valence-electron chi connectivity index (χ2n) is 9.44. The van der Waals surface area contributed by atoms with Crippen LogP contribution >= 0.6 is 0 Å². The maximum atomic E-state index is 13.7. The van der Waals surface area contributed by atoms with Crippen molar-refractivity contribution in [3.63, 3.8) is 0 Å². The fraction of sp³-hybridized carbons (Fsp3) is 0.462. The van der Waals surface area contributed by atoms with E-state index in [-0.39, 0.29) is 29.5 Å². The van der Waals surface area contributed by atoms with Gasteiger partial charge in [-0.1, -0.05) is 6.92 Å². The number of piperidine rings is 1. The highest BCUT2D eigenvalue weighted by molar-refractivity contribution is 5.94. The summed E-state index contributed by atoms with van der Waals surface area (Å²) in [5, 5.41) is 11.7. The maximum Gasteiger partial charge on any atom is 0.274 e. The fourth-order valence-corrected chi connectivity index (χ4v) is 5.94. The molecule has 1 fully saturated rings. The van der Waals surface area contributed by atoms with Crippen LogP contribution in [-0.2, 0) is 17.3 Å². The Morgan fingerprint density at radius 2 is 2.00 bits per heavy atom. The van der Waals surface area contributed by atoms with Gasteiger partial charge in [0.1, 0.15) is 11.4 Å². The van der Waals surface area contributed by atoms with Gasteiger partial charge in [-0.2, -0.15) is 0 Å². The summed E-state index contributed by atoms with van der Waals surface area (Å²) in [5.41, 5.74) is 2.99. The van der Waals surface area contributed by atoms with E-state index in [1.165, 1.54) is 24.2 Å². The first-order valence-corrected chi connectivity index (χ1v) is 12.1. The van der Waals surface area contributed by atoms with Crippen LogP contribution in [0.25, 0.3) is 10.9 Å². The number of rotatable bonds is 4. The number of carbonyl (C=O) groups is 2. The minimum Gasteiger partial charge on any atom is -0.497 e. The number of carbonyl (C=O) groups excluding carboxylic acids is 2. The van der Waals surface area contributed by atoms with Gasteiger partial charge in [0.2, 0.25) is 5.91 Å². The van der Waals surface area contributed by atoms with Gasteiger partial charge in [0.25, 0.3) is 5.91 Å². The summed E-state index contributed by atoms with van der Waals surface area (Å²) in [7, 11) is 3.62. The van der Waals surface area contributed by atoms with Gasteiger partial charge in [0.05, 0.1) is 31.5 Å². The van der Waals surface area contributed by atoms with E-state index in [2.05, 4.69) is 20.6 Å². The van der Waals surface area contributed by atoms with Gasteiger partial charge in [-0.25, -0.2) is 4.98 Å². The molecule has 1 spiro atoms. The first-order valence-electron chi connectivity index (χ1n) is 12.1. The normalized spacial score (nSPS) is 19.1. The van der Waals surface area contributed by atoms with E-state index in [1.807, 2.05) is 31.0 Å². The smallest absolute Gasteiger partial charge is 0.274 e. The molecule has 3 aromatic rings. The molecule has 1 N–H and O–H groups in total. The van der Waals surface area contributed by atoms with Crippen molar-refractivity contribution in [3.05, 3.63) is 53.7 Å². The Bertz CT molecular complexity index is 1260. The van der Waals surface area contributed by atoms with Crippen LogP contribution in [0, 0.1) is 0 Å². The minimum atomic E-state index is -0.524. The molecule has 0 unspecified atom stereocenters. The summed E-state index contributed by atoms with van der Waals surface area (Å²) >= 11 is 0. The highest BCUT2D eigenvalue weighted by Crippen LogP contribution is 2.50. The number of benzene rings is 1. The van der Waals surface area contributed by atoms with Gasteiger partial charge < -0.3 is 24.2 Å². The van der Waals surface area contributed by atoms with Gasteiger partial charge in [-0.05, 0) is 30.5 Å². The Morgan fingerprint density at radius 1 is 1.23 bits per heavy atom. The molecule has 9 nitrogen and oxygen atoms in total. The molecule has 184 valence electrons. The molecule has 0 aliphatic carbocycles. The van der Waals surface area contributed by atoms with Crippen LogP contribution < -0.4 is 4.74 Å². The zero-order valence-corrected chi connectivity index (χ0v) is 20.4. The van der Waals surface area contributed by atoms with Crippen LogP contribution in [0.4, 0.5) is 0 Å². The number of fused-ring (bicyclic) bond motifs is 4. The molecule has 35 heavy (non-hydrogen) atoms. The number of amides is 2. The number of aromatic nitrogens is 3. The van der Waals surface area contributed by atoms with E-state index in [1.54, 1.807) is 12.0 Å². The zero-order chi connectivity index (χ0) is 24.7. The molecule has 1 atom stereocenters. The lowest BCUT2D eigenvalue weighted by Gasteiger charge is -2.50. The zero-order valence-electron chi connectivity index (χ0n) is 20.4. The molecular formula is C26H31N5O4. The molecule has 9 heteroatoms. The Labute approximate surface area is 204 Å². The number of likely N-dealkylation sites (tertiary alicyclic amines) is 1. The lowest BCUT2D eigenvalue weighted by Crippen LogP contribution is -2.56. The number of hydrogen-bond donors (Lipinski definition) is 1. The van der Waals surface area contributed by atoms with Gasteiger partial charge in [0.15, 0.2) is 0 Å². The second-order valence-corrected chi connectivity index (χ2v) is 9.44. The van der Waals surface area contributed by atoms with Gasteiger partial charge in [-0.3, -0.25) is 14.6 Å². The van der Waals surface area contributed by atoms with Crippen LogP contribution in [0.5, 0.6) is 5.75 Å². The number of aliphatic hydroxyl groups excluding tert-OH is 1. The van der Waals surface area contributed by atoms with Crippen molar-refractivity contribution in [3.8, 4) is 5.75 Å². The summed E-state index contributed by atoms with van der Waals surface area (Å²) in [4.78, 5) is 38.1. The number of ether oxygens (including phenoxy) is 1. The van der Waals surface area contributed by atoms with Crippen molar-refractivity contribution in [2.75, 3.05) is 33.4 Å². The molecule has 0 bridgehead atoms. The van der Waals surface area contributed by atoms with E-state index in [0.717, 1.165) is 35.2 Å². The van der Waals surface area contributed by atoms with E-state index in [4.69, 9.17) is 4.74 Å². The Morgan fingerprint density at radius 3 is 2.63 bits per heavy atom. The number of hydrogen-bond acceptors (Lipinski definition) is 6. The van der Waals surface area contributed by atoms with Crippen molar-refractivity contribution in [2.24, 2.45) is 7.05 Å². The molecule has 1 aromatic carbocycles. The third kappa shape index (κ3) is 3.65. The number of aliphatic hydroxyl groups is 1. The number of methoxy groups -OCH3 is 1. The van der Waals surface area contributed by atoms with Crippen LogP contribution in [0.3, 0.4) is 0 Å². The monoisotopic (exact) mass is 477 g/mol. The third-order valence-corrected chi connectivity index (χ3v) is 7.74. The minimum absolute atomic E-state index is 0.152. The maximum absolute atomic E-state index is 13.7. The SMILES string of the molecule is CCC(=O)N1CCC2(CC1)CN(C(=O)c1cnccn1)[C@H](CO)c1c2c2ccc(OC)cc2n1C. The molecule has 0 radical (unpaired) electrons. The fourth-order valence-electron chi connectivity index (χ4n) is 5.94. The lowest BCUT2D eigenvalue weighted by molar-refractivity contribution is -0.132. The summed E-state index contributed by atoms with van der Waals surface area (Å²) in [5.74, 6) is 0.650. The first kappa shape index (κ1) is 23.3. The highest BCUT2D eigenvalue weighted by Gasteiger charge is 2.50. The topological polar surface area (TPSA) is 101 Å². The van der Waals surface area contributed by atoms with Crippen molar-refractivity contribution in [2.45, 2.75) is 37.6 Å². The van der Waals surface area contributed by atoms with E-state index in [9.17, 15) is 14.7 Å². The van der Waals surface area contributed by atoms with Crippen LogP contribution in [0.2, 0.25) is 0 Å². The summed E-state index contributed by atoms with van der Waals surface area (Å²) in [6, 6.07) is 5.51. The van der Waals surface area contributed by atoms with Crippen molar-refractivity contribution in [1.29, 1.82) is 0 Å². The van der Waals surface area contributed by atoms with Crippen LogP contribution in [0.1, 0.15) is 54.0 Å². The molecule has 1 saturated heterocycles. The van der Waals surface area contributed by atoms with Crippen LogP contribution in [0.15, 0.2) is 36.8 Å². The Balaban J connectivity index is 1.68. The van der Waals surface area contributed by atoms with E-state index < -0.39 is 6.04 Å². The summed E-state index contributed by atoms with van der Waals surface area (Å²) in [6.45, 7) is 3.39. The number of aryl methyl sites for hydroxylation is 1. The average Bonchev–Trinajstić information content (AvgIpc) is 3.21. The predicted octanol–water partition coefficient (Wildman–Crippen LogP) is 2.44. The standard InChI is InChI=1S/C26H31N5O4/c1-4-22(33)30-11-7-26(8-12-30)16-31(25(34)19-14-27-9-10-28-19)21(15-32)24-23(26)18-6-5-17(35-3)13-20(18)29(24)2/h5-6,9-10,13-14,21,32H,4,7-8,11-12,15-16H2,1-3H3/t21-/m1/s1. The highest BCUT2D eigenvalue weighted by atomic mass is 16.5. The molecule has 2 aliphatic heterocycles.